The molecule has 1 aromatic rings. The number of rotatable bonds is 4. The van der Waals surface area contributed by atoms with Crippen molar-refractivity contribution in [3.05, 3.63) is 12.0 Å². The fourth-order valence-electron chi connectivity index (χ4n) is 2.41. The number of aromatic nitrogens is 2. The minimum Gasteiger partial charge on any atom is -0.334 e. The van der Waals surface area contributed by atoms with Crippen LogP contribution in [0.25, 0.3) is 0 Å². The smallest absolute Gasteiger partial charge is 0.262 e. The molecule has 2 heterocycles. The summed E-state index contributed by atoms with van der Waals surface area (Å²) in [7, 11) is -3.49. The maximum Gasteiger partial charge on any atom is 0.262 e. The first kappa shape index (κ1) is 17.4. The molecular weight excluding hydrogens is 300 g/mol. The molecule has 1 aromatic heterocycles. The molecule has 0 spiro atoms. The number of nitrogens with two attached hydrogens (primary N) is 1. The summed E-state index contributed by atoms with van der Waals surface area (Å²) in [6.45, 7) is 8.02. The summed E-state index contributed by atoms with van der Waals surface area (Å²) < 4.78 is 28.4. The lowest BCUT2D eigenvalue weighted by Gasteiger charge is -2.21. The van der Waals surface area contributed by atoms with Crippen LogP contribution in [0.2, 0.25) is 0 Å². The topological polar surface area (TPSA) is 81.2 Å². The first-order valence-corrected chi connectivity index (χ1v) is 8.00. The maximum atomic E-state index is 12.5. The standard InChI is InChI=1S/C12H22N4O2S.ClH/c1-4-15-7-11(14-10(15)2)19(17,18)16-6-5-12(3,8-13)9-16;/h7H,4-6,8-9,13H2,1-3H3;1H. The monoisotopic (exact) mass is 322 g/mol. The molecule has 2 rings (SSSR count). The van der Waals surface area contributed by atoms with E-state index in [0.717, 1.165) is 18.8 Å². The van der Waals surface area contributed by atoms with Gasteiger partial charge in [0.25, 0.3) is 10.0 Å². The highest BCUT2D eigenvalue weighted by atomic mass is 35.5. The second-order valence-electron chi connectivity index (χ2n) is 5.52. The molecule has 1 saturated heterocycles. The molecule has 0 saturated carbocycles. The van der Waals surface area contributed by atoms with E-state index in [2.05, 4.69) is 4.98 Å². The van der Waals surface area contributed by atoms with E-state index in [9.17, 15) is 8.42 Å². The van der Waals surface area contributed by atoms with Crippen molar-refractivity contribution < 1.29 is 8.42 Å². The van der Waals surface area contributed by atoms with Crippen LogP contribution in [0.15, 0.2) is 11.2 Å². The fraction of sp³-hybridized carbons (Fsp3) is 0.750. The van der Waals surface area contributed by atoms with Crippen LogP contribution >= 0.6 is 12.4 Å². The molecule has 1 atom stereocenters. The van der Waals surface area contributed by atoms with Gasteiger partial charge in [0.05, 0.1) is 0 Å². The van der Waals surface area contributed by atoms with Gasteiger partial charge in [-0.3, -0.25) is 0 Å². The average Bonchev–Trinajstić information content (AvgIpc) is 2.94. The van der Waals surface area contributed by atoms with Gasteiger partial charge in [-0.1, -0.05) is 6.92 Å². The quantitative estimate of drug-likeness (QED) is 0.896. The van der Waals surface area contributed by atoms with Gasteiger partial charge in [0.2, 0.25) is 0 Å². The lowest BCUT2D eigenvalue weighted by Crippen LogP contribution is -2.34. The molecule has 6 nitrogen and oxygen atoms in total. The molecule has 20 heavy (non-hydrogen) atoms. The Morgan fingerprint density at radius 1 is 1.50 bits per heavy atom. The van der Waals surface area contributed by atoms with Gasteiger partial charge in [-0.2, -0.15) is 4.31 Å². The summed E-state index contributed by atoms with van der Waals surface area (Å²) in [6, 6.07) is 0. The van der Waals surface area contributed by atoms with E-state index in [4.69, 9.17) is 5.73 Å². The van der Waals surface area contributed by atoms with Gasteiger partial charge in [-0.15, -0.1) is 12.4 Å². The number of nitrogens with zero attached hydrogens (tertiary/aromatic N) is 3. The SMILES string of the molecule is CCn1cc(S(=O)(=O)N2CCC(C)(CN)C2)nc1C.Cl. The summed E-state index contributed by atoms with van der Waals surface area (Å²) in [6.07, 6.45) is 2.42. The van der Waals surface area contributed by atoms with Crippen molar-refractivity contribution in [2.45, 2.75) is 38.8 Å². The van der Waals surface area contributed by atoms with Crippen molar-refractivity contribution in [3.63, 3.8) is 0 Å². The average molecular weight is 323 g/mol. The highest BCUT2D eigenvalue weighted by molar-refractivity contribution is 7.89. The third-order valence-corrected chi connectivity index (χ3v) is 5.63. The second kappa shape index (κ2) is 6.01. The third kappa shape index (κ3) is 3.00. The molecule has 2 N–H and O–H groups in total. The summed E-state index contributed by atoms with van der Waals surface area (Å²) >= 11 is 0. The van der Waals surface area contributed by atoms with Crippen molar-refractivity contribution in [3.8, 4) is 0 Å². The van der Waals surface area contributed by atoms with E-state index in [1.807, 2.05) is 25.3 Å². The highest BCUT2D eigenvalue weighted by Gasteiger charge is 2.39. The Labute approximate surface area is 126 Å². The molecule has 1 unspecified atom stereocenters. The lowest BCUT2D eigenvalue weighted by molar-refractivity contribution is 0.349. The summed E-state index contributed by atoms with van der Waals surface area (Å²) in [5, 5.41) is 0.146. The third-order valence-electron chi connectivity index (χ3n) is 3.91. The van der Waals surface area contributed by atoms with Gasteiger partial charge >= 0.3 is 0 Å². The molecule has 1 fully saturated rings. The molecule has 1 aliphatic heterocycles. The van der Waals surface area contributed by atoms with E-state index in [0.29, 0.717) is 19.6 Å². The molecule has 0 aliphatic carbocycles. The maximum absolute atomic E-state index is 12.5. The fourth-order valence-corrected chi connectivity index (χ4v) is 3.99. The normalized spacial score (nSPS) is 23.8. The van der Waals surface area contributed by atoms with E-state index < -0.39 is 10.0 Å². The van der Waals surface area contributed by atoms with Gasteiger partial charge in [-0.25, -0.2) is 13.4 Å². The van der Waals surface area contributed by atoms with Crippen LogP contribution < -0.4 is 5.73 Å². The minimum absolute atomic E-state index is 0. The van der Waals surface area contributed by atoms with Gasteiger partial charge < -0.3 is 10.3 Å². The van der Waals surface area contributed by atoms with Crippen molar-refractivity contribution in [1.82, 2.24) is 13.9 Å². The van der Waals surface area contributed by atoms with E-state index in [-0.39, 0.29) is 22.8 Å². The predicted molar refractivity (Wildman–Crippen MR) is 80.4 cm³/mol. The van der Waals surface area contributed by atoms with Crippen LogP contribution in [-0.4, -0.2) is 41.9 Å². The second-order valence-corrected chi connectivity index (χ2v) is 7.40. The van der Waals surface area contributed by atoms with Crippen LogP contribution in [0.3, 0.4) is 0 Å². The van der Waals surface area contributed by atoms with Crippen molar-refractivity contribution in [2.24, 2.45) is 11.1 Å². The lowest BCUT2D eigenvalue weighted by atomic mass is 9.90. The zero-order valence-corrected chi connectivity index (χ0v) is 13.8. The predicted octanol–water partition coefficient (Wildman–Crippen LogP) is 0.993. The molecule has 116 valence electrons. The molecule has 0 bridgehead atoms. The molecule has 0 amide bonds. The zero-order valence-electron chi connectivity index (χ0n) is 12.2. The Morgan fingerprint density at radius 3 is 2.60 bits per heavy atom. The molecule has 1 aliphatic rings. The Morgan fingerprint density at radius 2 is 2.15 bits per heavy atom. The van der Waals surface area contributed by atoms with E-state index >= 15 is 0 Å². The van der Waals surface area contributed by atoms with Crippen LogP contribution in [0.1, 0.15) is 26.1 Å². The Kier molecular flexibility index (Phi) is 5.23. The summed E-state index contributed by atoms with van der Waals surface area (Å²) in [5.41, 5.74) is 5.61. The largest absolute Gasteiger partial charge is 0.334 e. The highest BCUT2D eigenvalue weighted by Crippen LogP contribution is 2.32. The molecule has 8 heteroatoms. The van der Waals surface area contributed by atoms with Crippen LogP contribution in [0, 0.1) is 12.3 Å². The van der Waals surface area contributed by atoms with Crippen molar-refractivity contribution >= 4 is 22.4 Å². The summed E-state index contributed by atoms with van der Waals surface area (Å²) in [4.78, 5) is 4.17. The molecule has 0 aromatic carbocycles. The van der Waals surface area contributed by atoms with Crippen LogP contribution in [-0.2, 0) is 16.6 Å². The number of hydrogen-bond acceptors (Lipinski definition) is 4. The van der Waals surface area contributed by atoms with Crippen molar-refractivity contribution in [2.75, 3.05) is 19.6 Å². The molecule has 0 radical (unpaired) electrons. The Hall–Kier alpha value is -0.630. The van der Waals surface area contributed by atoms with Crippen LogP contribution in [0.5, 0.6) is 0 Å². The van der Waals surface area contributed by atoms with Gasteiger partial charge in [0.1, 0.15) is 5.82 Å². The number of hydrogen-bond donors (Lipinski definition) is 1. The van der Waals surface area contributed by atoms with Crippen LogP contribution in [0.4, 0.5) is 0 Å². The van der Waals surface area contributed by atoms with E-state index in [1.54, 1.807) is 6.20 Å². The van der Waals surface area contributed by atoms with Gasteiger partial charge in [-0.05, 0) is 32.2 Å². The first-order valence-electron chi connectivity index (χ1n) is 6.56. The Bertz CT molecular complexity index is 572. The number of imidazole rings is 1. The van der Waals surface area contributed by atoms with Gasteiger partial charge in [0, 0.05) is 25.8 Å². The number of sulfonamides is 1. The van der Waals surface area contributed by atoms with E-state index in [1.165, 1.54) is 4.31 Å². The van der Waals surface area contributed by atoms with Gasteiger partial charge in [0.15, 0.2) is 5.03 Å². The minimum atomic E-state index is -3.49. The first-order chi connectivity index (χ1) is 8.82. The zero-order chi connectivity index (χ0) is 14.3. The van der Waals surface area contributed by atoms with Crippen molar-refractivity contribution in [1.29, 1.82) is 0 Å². The summed E-state index contributed by atoms with van der Waals surface area (Å²) in [5.74, 6) is 0.724. The number of aryl methyl sites for hydroxylation is 2. The Balaban J connectivity index is 0.00000200. The number of halogens is 1. The molecular formula is C12H23ClN4O2S.